The summed E-state index contributed by atoms with van der Waals surface area (Å²) in [6.07, 6.45) is 6.87. The Bertz CT molecular complexity index is 74.2. The van der Waals surface area contributed by atoms with Crippen molar-refractivity contribution in [3.05, 3.63) is 0 Å². The van der Waals surface area contributed by atoms with E-state index in [2.05, 4.69) is 44.8 Å². The maximum atomic E-state index is 3.54. The van der Waals surface area contributed by atoms with E-state index in [-0.39, 0.29) is 5.33 Å². The van der Waals surface area contributed by atoms with Crippen LogP contribution in [-0.2, 0) is 0 Å². The average molecular weight is 304 g/mol. The first-order valence-corrected chi connectivity index (χ1v) is 9.78. The summed E-state index contributed by atoms with van der Waals surface area (Å²) >= 11 is 7.07. The van der Waals surface area contributed by atoms with E-state index in [1.165, 1.54) is 31.8 Å². The van der Waals surface area contributed by atoms with Crippen LogP contribution in [-0.4, -0.2) is 6.16 Å². The van der Waals surface area contributed by atoms with Crippen LogP contribution in [0.15, 0.2) is 0 Å². The van der Waals surface area contributed by atoms with E-state index < -0.39 is 0 Å². The molecule has 0 heterocycles. The molecule has 3 heteroatoms. The highest BCUT2D eigenvalue weighted by atomic mass is 79.9. The molecular weight excluding hydrogens is 287 g/mol. The molecule has 0 nitrogen and oxygen atoms in total. The molecule has 0 spiro atoms. The molecule has 0 amide bonds. The zero-order chi connectivity index (χ0) is 8.69. The Kier molecular flexibility index (Phi) is 9.02. The molecule has 0 aromatic rings. The fraction of sp³-hybridized carbons (Fsp3) is 1.00. The van der Waals surface area contributed by atoms with Gasteiger partial charge >= 0.3 is 0 Å². The van der Waals surface area contributed by atoms with Crippen LogP contribution in [0.2, 0.25) is 0 Å². The highest BCUT2D eigenvalue weighted by molar-refractivity contribution is 9.69. The summed E-state index contributed by atoms with van der Waals surface area (Å²) in [4.78, 5) is 0. The van der Waals surface area contributed by atoms with Gasteiger partial charge in [0.1, 0.15) is 0 Å². The molecule has 0 unspecified atom stereocenters. The Balaban J connectivity index is 2.91. The molecule has 0 aliphatic heterocycles. The lowest BCUT2D eigenvalue weighted by Gasteiger charge is -2.04. The molecule has 0 radical (unpaired) electrons. The zero-order valence-electron chi connectivity index (χ0n) is 7.32. The molecule has 0 aliphatic carbocycles. The third-order valence-corrected chi connectivity index (χ3v) is 4.39. The topological polar surface area (TPSA) is 0 Å². The van der Waals surface area contributed by atoms with E-state index in [1.807, 2.05) is 0 Å². The van der Waals surface area contributed by atoms with Gasteiger partial charge < -0.3 is 0 Å². The van der Waals surface area contributed by atoms with Gasteiger partial charge in [0.2, 0.25) is 0 Å². The Labute approximate surface area is 87.8 Å². The monoisotopic (exact) mass is 302 g/mol. The van der Waals surface area contributed by atoms with Crippen molar-refractivity contribution in [1.82, 2.24) is 0 Å². The highest BCUT2D eigenvalue weighted by Crippen LogP contribution is 2.52. The first kappa shape index (κ1) is 12.4. The van der Waals surface area contributed by atoms with Gasteiger partial charge in [-0.05, 0) is 49.5 Å². The number of hydrogen-bond donors (Lipinski definition) is 0. The van der Waals surface area contributed by atoms with Crippen LogP contribution in [0.25, 0.3) is 0 Å². The second-order valence-electron chi connectivity index (χ2n) is 3.27. The molecule has 0 aliphatic rings. The summed E-state index contributed by atoms with van der Waals surface area (Å²) in [6, 6.07) is 0. The highest BCUT2D eigenvalue weighted by Gasteiger charge is 1.97. The molecule has 0 aromatic heterocycles. The van der Waals surface area contributed by atoms with Crippen LogP contribution in [0.4, 0.5) is 0 Å². The van der Waals surface area contributed by atoms with Crippen molar-refractivity contribution in [2.45, 2.75) is 39.5 Å². The summed E-state index contributed by atoms with van der Waals surface area (Å²) in [7, 11) is 0. The van der Waals surface area contributed by atoms with Crippen molar-refractivity contribution in [2.75, 3.05) is 6.16 Å². The number of hydrogen-bond acceptors (Lipinski definition) is 0. The third-order valence-electron chi connectivity index (χ3n) is 1.61. The predicted molar refractivity (Wildman–Crippen MR) is 62.9 cm³/mol. The summed E-state index contributed by atoms with van der Waals surface area (Å²) in [5.74, 6) is 0.879. The van der Waals surface area contributed by atoms with Gasteiger partial charge in [-0.1, -0.05) is 33.1 Å². The normalized spacial score (nSPS) is 11.5. The van der Waals surface area contributed by atoms with E-state index in [0.29, 0.717) is 0 Å². The summed E-state index contributed by atoms with van der Waals surface area (Å²) in [5, 5.41) is -0.00741. The minimum atomic E-state index is -0.00741. The van der Waals surface area contributed by atoms with E-state index in [4.69, 9.17) is 0 Å². The van der Waals surface area contributed by atoms with E-state index in [1.54, 1.807) is 0 Å². The van der Waals surface area contributed by atoms with Crippen molar-refractivity contribution in [2.24, 2.45) is 5.92 Å². The molecular formula is C8H17Br2P. The molecule has 0 rings (SSSR count). The van der Waals surface area contributed by atoms with Gasteiger partial charge in [0, 0.05) is 5.33 Å². The van der Waals surface area contributed by atoms with E-state index in [0.717, 1.165) is 5.92 Å². The van der Waals surface area contributed by atoms with Gasteiger partial charge in [0.05, 0.1) is 0 Å². The third kappa shape index (κ3) is 11.4. The number of rotatable bonds is 6. The van der Waals surface area contributed by atoms with E-state index in [9.17, 15) is 0 Å². The van der Waals surface area contributed by atoms with Gasteiger partial charge in [-0.3, -0.25) is 0 Å². The van der Waals surface area contributed by atoms with Gasteiger partial charge in [-0.2, -0.15) is 0 Å². The average Bonchev–Trinajstić information content (AvgIpc) is 1.85. The quantitative estimate of drug-likeness (QED) is 0.461. The first-order chi connectivity index (χ1) is 5.13. The van der Waals surface area contributed by atoms with Gasteiger partial charge in [0.25, 0.3) is 0 Å². The maximum Gasteiger partial charge on any atom is 0.0346 e. The lowest BCUT2D eigenvalue weighted by Crippen LogP contribution is -1.87. The minimum Gasteiger partial charge on any atom is -0.0628 e. The predicted octanol–water partition coefficient (Wildman–Crippen LogP) is 5.30. The van der Waals surface area contributed by atoms with Crippen molar-refractivity contribution in [3.8, 4) is 0 Å². The standard InChI is InChI=1S/C8H17Br2P/c1-8(2)6-4-3-5-7-11(9)10/h8H,3-7H2,1-2H3. The smallest absolute Gasteiger partial charge is 0.0346 e. The lowest BCUT2D eigenvalue weighted by molar-refractivity contribution is 0.535. The molecule has 11 heavy (non-hydrogen) atoms. The van der Waals surface area contributed by atoms with Crippen LogP contribution in [0.3, 0.4) is 0 Å². The summed E-state index contributed by atoms with van der Waals surface area (Å²) < 4.78 is 0. The van der Waals surface area contributed by atoms with Crippen LogP contribution < -0.4 is 0 Å². The second kappa shape index (κ2) is 8.01. The Hall–Kier alpha value is 1.39. The molecule has 0 aromatic carbocycles. The van der Waals surface area contributed by atoms with Crippen LogP contribution in [0.1, 0.15) is 39.5 Å². The largest absolute Gasteiger partial charge is 0.0628 e. The molecule has 0 fully saturated rings. The molecule has 0 saturated heterocycles. The van der Waals surface area contributed by atoms with Crippen LogP contribution in [0.5, 0.6) is 0 Å². The summed E-state index contributed by atoms with van der Waals surface area (Å²) in [6.45, 7) is 4.59. The molecule has 68 valence electrons. The SMILES string of the molecule is CC(C)CCCCCP(Br)Br. The van der Waals surface area contributed by atoms with Gasteiger partial charge in [0.15, 0.2) is 0 Å². The van der Waals surface area contributed by atoms with Gasteiger partial charge in [-0.15, -0.1) is 0 Å². The van der Waals surface area contributed by atoms with Crippen molar-refractivity contribution >= 4 is 36.3 Å². The summed E-state index contributed by atoms with van der Waals surface area (Å²) in [5.41, 5.74) is 0. The fourth-order valence-electron chi connectivity index (χ4n) is 0.961. The van der Waals surface area contributed by atoms with Crippen molar-refractivity contribution in [3.63, 3.8) is 0 Å². The Morgan fingerprint density at radius 3 is 2.18 bits per heavy atom. The van der Waals surface area contributed by atoms with Crippen molar-refractivity contribution < 1.29 is 0 Å². The van der Waals surface area contributed by atoms with Crippen molar-refractivity contribution in [1.29, 1.82) is 0 Å². The van der Waals surface area contributed by atoms with Crippen LogP contribution in [0, 0.1) is 5.92 Å². The molecule has 0 N–H and O–H groups in total. The van der Waals surface area contributed by atoms with Gasteiger partial charge in [-0.25, -0.2) is 0 Å². The minimum absolute atomic E-state index is 0.00741. The maximum absolute atomic E-state index is 3.54. The first-order valence-electron chi connectivity index (χ1n) is 4.22. The Morgan fingerprint density at radius 1 is 1.09 bits per heavy atom. The molecule has 0 bridgehead atoms. The second-order valence-corrected chi connectivity index (χ2v) is 12.3. The molecule has 0 saturated carbocycles. The number of unbranched alkanes of at least 4 members (excludes halogenated alkanes) is 2. The lowest BCUT2D eigenvalue weighted by atomic mass is 10.1. The fourth-order valence-corrected chi connectivity index (χ4v) is 2.93. The number of halogens is 2. The molecule has 0 atom stereocenters. The Morgan fingerprint density at radius 2 is 1.73 bits per heavy atom. The zero-order valence-corrected chi connectivity index (χ0v) is 11.4. The van der Waals surface area contributed by atoms with Crippen LogP contribution >= 0.6 is 36.3 Å². The van der Waals surface area contributed by atoms with E-state index >= 15 is 0 Å².